The highest BCUT2D eigenvalue weighted by Crippen LogP contribution is 2.21. The van der Waals surface area contributed by atoms with Gasteiger partial charge in [-0.1, -0.05) is 35.9 Å². The first-order valence-corrected chi connectivity index (χ1v) is 8.98. The molecule has 0 saturated carbocycles. The van der Waals surface area contributed by atoms with Crippen LogP contribution in [0.15, 0.2) is 57.6 Å². The summed E-state index contributed by atoms with van der Waals surface area (Å²) in [5.74, 6) is 0.512. The highest BCUT2D eigenvalue weighted by atomic mass is 32.1. The van der Waals surface area contributed by atoms with Crippen LogP contribution in [-0.2, 0) is 13.6 Å². The van der Waals surface area contributed by atoms with Crippen molar-refractivity contribution in [2.24, 2.45) is 7.05 Å². The lowest BCUT2D eigenvalue weighted by molar-refractivity contribution is 0.656. The van der Waals surface area contributed by atoms with Gasteiger partial charge in [-0.05, 0) is 23.9 Å². The van der Waals surface area contributed by atoms with E-state index in [4.69, 9.17) is 0 Å². The van der Waals surface area contributed by atoms with Gasteiger partial charge in [0.25, 0.3) is 5.56 Å². The molecule has 26 heavy (non-hydrogen) atoms. The predicted octanol–water partition coefficient (Wildman–Crippen LogP) is 2.58. The highest BCUT2D eigenvalue weighted by Gasteiger charge is 2.14. The first-order valence-electron chi connectivity index (χ1n) is 8.10. The molecule has 3 heterocycles. The van der Waals surface area contributed by atoms with Crippen molar-refractivity contribution < 1.29 is 0 Å². The summed E-state index contributed by atoms with van der Waals surface area (Å²) in [6.07, 6.45) is 1.50. The lowest BCUT2D eigenvalue weighted by Crippen LogP contribution is -2.39. The third-order valence-electron chi connectivity index (χ3n) is 4.28. The Bertz CT molecular complexity index is 1210. The molecule has 0 atom stereocenters. The van der Waals surface area contributed by atoms with E-state index in [1.165, 1.54) is 26.7 Å². The molecule has 0 bridgehead atoms. The summed E-state index contributed by atoms with van der Waals surface area (Å²) in [5.41, 5.74) is 1.60. The fourth-order valence-corrected chi connectivity index (χ4v) is 3.49. The number of rotatable bonds is 3. The third kappa shape index (κ3) is 2.76. The van der Waals surface area contributed by atoms with E-state index in [9.17, 15) is 9.59 Å². The van der Waals surface area contributed by atoms with E-state index in [1.54, 1.807) is 7.05 Å². The molecule has 0 aliphatic heterocycles. The summed E-state index contributed by atoms with van der Waals surface area (Å²) < 4.78 is 2.63. The maximum Gasteiger partial charge on any atom is 0.332 e. The Morgan fingerprint density at radius 1 is 1.12 bits per heavy atom. The fraction of sp³-hybridized carbons (Fsp3) is 0.158. The van der Waals surface area contributed by atoms with Gasteiger partial charge < -0.3 is 0 Å². The second-order valence-electron chi connectivity index (χ2n) is 6.13. The summed E-state index contributed by atoms with van der Waals surface area (Å²) in [6, 6.07) is 11.6. The Kier molecular flexibility index (Phi) is 4.00. The Morgan fingerprint density at radius 2 is 1.88 bits per heavy atom. The summed E-state index contributed by atoms with van der Waals surface area (Å²) in [7, 11) is 1.63. The third-order valence-corrected chi connectivity index (χ3v) is 5.15. The van der Waals surface area contributed by atoms with Crippen LogP contribution in [0.5, 0.6) is 0 Å². The van der Waals surface area contributed by atoms with E-state index in [2.05, 4.69) is 9.97 Å². The lowest BCUT2D eigenvalue weighted by Gasteiger charge is -2.11. The average Bonchev–Trinajstić information content (AvgIpc) is 3.19. The quantitative estimate of drug-likeness (QED) is 0.560. The summed E-state index contributed by atoms with van der Waals surface area (Å²) >= 11 is 1.51. The monoisotopic (exact) mass is 364 g/mol. The summed E-state index contributed by atoms with van der Waals surface area (Å²) in [4.78, 5) is 35.2. The minimum absolute atomic E-state index is 0.217. The summed E-state index contributed by atoms with van der Waals surface area (Å²) in [6.45, 7) is 2.21. The van der Waals surface area contributed by atoms with Crippen molar-refractivity contribution in [3.8, 4) is 10.7 Å². The molecule has 1 aromatic carbocycles. The van der Waals surface area contributed by atoms with Crippen molar-refractivity contribution in [3.63, 3.8) is 0 Å². The Morgan fingerprint density at radius 3 is 2.58 bits per heavy atom. The van der Waals surface area contributed by atoms with E-state index >= 15 is 0 Å². The van der Waals surface area contributed by atoms with Gasteiger partial charge in [-0.15, -0.1) is 11.3 Å². The van der Waals surface area contributed by atoms with Crippen LogP contribution in [0.2, 0.25) is 0 Å². The summed E-state index contributed by atoms with van der Waals surface area (Å²) in [5, 5.41) is 2.26. The van der Waals surface area contributed by atoms with E-state index < -0.39 is 0 Å². The molecular formula is C19H16N4O2S. The van der Waals surface area contributed by atoms with Gasteiger partial charge in [-0.3, -0.25) is 13.9 Å². The van der Waals surface area contributed by atoms with E-state index in [0.717, 1.165) is 16.0 Å². The van der Waals surface area contributed by atoms with Crippen LogP contribution in [0.1, 0.15) is 11.1 Å². The number of fused-ring (bicyclic) bond motifs is 1. The van der Waals surface area contributed by atoms with Crippen LogP contribution in [0.4, 0.5) is 0 Å². The van der Waals surface area contributed by atoms with E-state index in [-0.39, 0.29) is 17.8 Å². The largest absolute Gasteiger partial charge is 0.332 e. The molecule has 0 unspecified atom stereocenters. The maximum absolute atomic E-state index is 12.8. The van der Waals surface area contributed by atoms with Crippen molar-refractivity contribution in [2.75, 3.05) is 0 Å². The number of hydrogen-bond donors (Lipinski definition) is 0. The van der Waals surface area contributed by atoms with Crippen molar-refractivity contribution in [3.05, 3.63) is 79.9 Å². The van der Waals surface area contributed by atoms with E-state index in [0.29, 0.717) is 16.9 Å². The number of thiophene rings is 1. The molecule has 4 rings (SSSR count). The zero-order chi connectivity index (χ0) is 18.3. The van der Waals surface area contributed by atoms with Crippen LogP contribution in [0, 0.1) is 6.92 Å². The maximum atomic E-state index is 12.8. The van der Waals surface area contributed by atoms with Crippen molar-refractivity contribution >= 4 is 22.4 Å². The molecule has 7 heteroatoms. The van der Waals surface area contributed by atoms with Gasteiger partial charge in [-0.25, -0.2) is 14.8 Å². The van der Waals surface area contributed by atoms with Crippen LogP contribution >= 0.6 is 11.3 Å². The standard InChI is InChI=1S/C19H16N4O2S/c1-12-5-7-13(8-6-12)11-23-18(24)14-10-20-16(15-4-3-9-26-15)21-17(14)22(2)19(23)25/h3-10H,11H2,1-2H3. The molecule has 0 amide bonds. The van der Waals surface area contributed by atoms with Crippen LogP contribution < -0.4 is 11.2 Å². The van der Waals surface area contributed by atoms with Crippen molar-refractivity contribution in [1.29, 1.82) is 0 Å². The average molecular weight is 364 g/mol. The van der Waals surface area contributed by atoms with E-state index in [1.807, 2.05) is 48.7 Å². The van der Waals surface area contributed by atoms with Gasteiger partial charge >= 0.3 is 5.69 Å². The topological polar surface area (TPSA) is 69.8 Å². The Labute approximate surface area is 153 Å². The molecular weight excluding hydrogens is 348 g/mol. The molecule has 130 valence electrons. The smallest absolute Gasteiger partial charge is 0.280 e. The molecule has 0 spiro atoms. The van der Waals surface area contributed by atoms with Gasteiger partial charge in [0.15, 0.2) is 11.5 Å². The van der Waals surface area contributed by atoms with Crippen LogP contribution in [0.3, 0.4) is 0 Å². The first-order chi connectivity index (χ1) is 12.5. The Balaban J connectivity index is 1.88. The molecule has 0 radical (unpaired) electrons. The van der Waals surface area contributed by atoms with Gasteiger partial charge in [0.05, 0.1) is 11.4 Å². The van der Waals surface area contributed by atoms with Gasteiger partial charge in [0, 0.05) is 13.2 Å². The van der Waals surface area contributed by atoms with Crippen LogP contribution in [0.25, 0.3) is 21.7 Å². The zero-order valence-electron chi connectivity index (χ0n) is 14.3. The first kappa shape index (κ1) is 16.4. The number of aryl methyl sites for hydroxylation is 2. The van der Waals surface area contributed by atoms with Crippen LogP contribution in [-0.4, -0.2) is 19.1 Å². The van der Waals surface area contributed by atoms with Gasteiger partial charge in [0.1, 0.15) is 5.39 Å². The number of aromatic nitrogens is 4. The molecule has 4 aromatic rings. The molecule has 0 saturated heterocycles. The fourth-order valence-electron chi connectivity index (χ4n) is 2.82. The second kappa shape index (κ2) is 6.34. The van der Waals surface area contributed by atoms with Gasteiger partial charge in [0.2, 0.25) is 0 Å². The number of benzene rings is 1. The molecule has 0 aliphatic rings. The minimum Gasteiger partial charge on any atom is -0.280 e. The van der Waals surface area contributed by atoms with Gasteiger partial charge in [-0.2, -0.15) is 0 Å². The number of hydrogen-bond acceptors (Lipinski definition) is 5. The predicted molar refractivity (Wildman–Crippen MR) is 103 cm³/mol. The second-order valence-corrected chi connectivity index (χ2v) is 7.07. The molecule has 0 aliphatic carbocycles. The lowest BCUT2D eigenvalue weighted by atomic mass is 10.1. The highest BCUT2D eigenvalue weighted by molar-refractivity contribution is 7.13. The normalized spacial score (nSPS) is 11.2. The van der Waals surface area contributed by atoms with Crippen molar-refractivity contribution in [1.82, 2.24) is 19.1 Å². The molecule has 0 fully saturated rings. The SMILES string of the molecule is Cc1ccc(Cn2c(=O)c3cnc(-c4cccs4)nc3n(C)c2=O)cc1. The molecule has 6 nitrogen and oxygen atoms in total. The number of nitrogens with zero attached hydrogens (tertiary/aromatic N) is 4. The minimum atomic E-state index is -0.390. The molecule has 3 aromatic heterocycles. The zero-order valence-corrected chi connectivity index (χ0v) is 15.2. The van der Waals surface area contributed by atoms with Crippen molar-refractivity contribution in [2.45, 2.75) is 13.5 Å². The Hall–Kier alpha value is -3.06. The molecule has 0 N–H and O–H groups in total.